The molecular weight excluding hydrogens is 234 g/mol. The molecule has 3 nitrogen and oxygen atoms in total. The van der Waals surface area contributed by atoms with Crippen molar-refractivity contribution in [2.75, 3.05) is 13.1 Å². The molecule has 0 amide bonds. The molecule has 1 fully saturated rings. The monoisotopic (exact) mass is 261 g/mol. The number of nitrogens with one attached hydrogen (secondary N) is 1. The minimum Gasteiger partial charge on any atom is -0.312 e. The first-order valence-corrected chi connectivity index (χ1v) is 7.60. The minimum atomic E-state index is 0.618. The number of pyridine rings is 1. The molecular formula is C16H27N3. The van der Waals surface area contributed by atoms with E-state index in [1.165, 1.54) is 37.2 Å². The third-order valence-electron chi connectivity index (χ3n) is 4.06. The Hall–Kier alpha value is -0.930. The van der Waals surface area contributed by atoms with E-state index < -0.39 is 0 Å². The molecule has 3 heteroatoms. The van der Waals surface area contributed by atoms with Gasteiger partial charge >= 0.3 is 0 Å². The molecule has 2 rings (SSSR count). The molecule has 1 N–H and O–H groups in total. The number of hydrogen-bond donors (Lipinski definition) is 1. The van der Waals surface area contributed by atoms with Crippen LogP contribution in [-0.4, -0.2) is 35.1 Å². The van der Waals surface area contributed by atoms with Gasteiger partial charge in [-0.1, -0.05) is 13.0 Å². The Bertz CT molecular complexity index is 379. The molecule has 0 bridgehead atoms. The Morgan fingerprint density at radius 3 is 2.58 bits per heavy atom. The summed E-state index contributed by atoms with van der Waals surface area (Å²) in [6.45, 7) is 10.1. The van der Waals surface area contributed by atoms with Crippen LogP contribution in [0.1, 0.15) is 44.9 Å². The highest BCUT2D eigenvalue weighted by atomic mass is 15.1. The average Bonchev–Trinajstić information content (AvgIpc) is 2.40. The minimum absolute atomic E-state index is 0.618. The fourth-order valence-electron chi connectivity index (χ4n) is 2.82. The summed E-state index contributed by atoms with van der Waals surface area (Å²) in [4.78, 5) is 7.14. The van der Waals surface area contributed by atoms with E-state index in [1.807, 2.05) is 12.3 Å². The van der Waals surface area contributed by atoms with Gasteiger partial charge in [0, 0.05) is 37.9 Å². The molecule has 1 aromatic heterocycles. The predicted molar refractivity (Wildman–Crippen MR) is 80.2 cm³/mol. The summed E-state index contributed by atoms with van der Waals surface area (Å²) in [7, 11) is 0. The molecule has 19 heavy (non-hydrogen) atoms. The maximum atomic E-state index is 4.58. The zero-order valence-electron chi connectivity index (χ0n) is 12.5. The molecule has 2 unspecified atom stereocenters. The van der Waals surface area contributed by atoms with E-state index in [0.717, 1.165) is 13.0 Å². The van der Waals surface area contributed by atoms with E-state index in [9.17, 15) is 0 Å². The van der Waals surface area contributed by atoms with E-state index >= 15 is 0 Å². The summed E-state index contributed by atoms with van der Waals surface area (Å²) in [6.07, 6.45) is 5.44. The number of aromatic nitrogens is 1. The van der Waals surface area contributed by atoms with Gasteiger partial charge in [-0.3, -0.25) is 9.88 Å². The van der Waals surface area contributed by atoms with Gasteiger partial charge in [0.15, 0.2) is 0 Å². The molecule has 0 radical (unpaired) electrons. The van der Waals surface area contributed by atoms with Gasteiger partial charge in [-0.25, -0.2) is 0 Å². The summed E-state index contributed by atoms with van der Waals surface area (Å²) in [5.41, 5.74) is 2.66. The molecule has 1 aliphatic rings. The summed E-state index contributed by atoms with van der Waals surface area (Å²) in [5.74, 6) is 0. The van der Waals surface area contributed by atoms with Gasteiger partial charge in [0.1, 0.15) is 0 Å². The van der Waals surface area contributed by atoms with Crippen LogP contribution in [0.3, 0.4) is 0 Å². The first kappa shape index (κ1) is 14.5. The lowest BCUT2D eigenvalue weighted by Crippen LogP contribution is -2.42. The van der Waals surface area contributed by atoms with Crippen LogP contribution in [0.25, 0.3) is 0 Å². The van der Waals surface area contributed by atoms with E-state index in [0.29, 0.717) is 12.1 Å². The molecule has 2 heterocycles. The van der Waals surface area contributed by atoms with Crippen molar-refractivity contribution >= 4 is 0 Å². The van der Waals surface area contributed by atoms with Gasteiger partial charge in [0.05, 0.1) is 5.69 Å². The lowest BCUT2D eigenvalue weighted by Gasteiger charge is -2.31. The molecule has 106 valence electrons. The Balaban J connectivity index is 2.00. The lowest BCUT2D eigenvalue weighted by atomic mass is 10.1. The first-order valence-electron chi connectivity index (χ1n) is 7.60. The zero-order valence-corrected chi connectivity index (χ0v) is 12.5. The average molecular weight is 261 g/mol. The number of hydrogen-bond acceptors (Lipinski definition) is 3. The van der Waals surface area contributed by atoms with Crippen LogP contribution in [0.15, 0.2) is 18.3 Å². The van der Waals surface area contributed by atoms with Crippen LogP contribution in [0.2, 0.25) is 0 Å². The SMILES string of the molecule is CCc1cccnc1CN1CCC(C)NC(C)CC1. The van der Waals surface area contributed by atoms with Gasteiger partial charge in [-0.2, -0.15) is 0 Å². The Kier molecular flexibility index (Phi) is 5.34. The van der Waals surface area contributed by atoms with Gasteiger partial charge in [-0.15, -0.1) is 0 Å². The highest BCUT2D eigenvalue weighted by molar-refractivity contribution is 5.19. The summed E-state index contributed by atoms with van der Waals surface area (Å²) >= 11 is 0. The molecule has 1 aromatic rings. The molecule has 1 aliphatic heterocycles. The van der Waals surface area contributed by atoms with Gasteiger partial charge in [-0.05, 0) is 44.7 Å². The van der Waals surface area contributed by atoms with Crippen LogP contribution in [0, 0.1) is 0 Å². The van der Waals surface area contributed by atoms with Crippen molar-refractivity contribution in [1.82, 2.24) is 15.2 Å². The van der Waals surface area contributed by atoms with Crippen LogP contribution < -0.4 is 5.32 Å². The van der Waals surface area contributed by atoms with Gasteiger partial charge in [0.2, 0.25) is 0 Å². The zero-order chi connectivity index (χ0) is 13.7. The first-order chi connectivity index (χ1) is 9.19. The van der Waals surface area contributed by atoms with E-state index in [4.69, 9.17) is 0 Å². The maximum absolute atomic E-state index is 4.58. The molecule has 2 atom stereocenters. The van der Waals surface area contributed by atoms with Gasteiger partial charge in [0.25, 0.3) is 0 Å². The Morgan fingerprint density at radius 2 is 1.95 bits per heavy atom. The molecule has 0 saturated carbocycles. The number of nitrogens with zero attached hydrogens (tertiary/aromatic N) is 2. The van der Waals surface area contributed by atoms with Crippen molar-refractivity contribution in [2.45, 2.75) is 58.7 Å². The third-order valence-corrected chi connectivity index (χ3v) is 4.06. The van der Waals surface area contributed by atoms with E-state index in [-0.39, 0.29) is 0 Å². The Morgan fingerprint density at radius 1 is 1.26 bits per heavy atom. The summed E-state index contributed by atoms with van der Waals surface area (Å²) in [6, 6.07) is 5.49. The van der Waals surface area contributed by atoms with Crippen LogP contribution in [0.4, 0.5) is 0 Å². The fourth-order valence-corrected chi connectivity index (χ4v) is 2.82. The van der Waals surface area contributed by atoms with Crippen LogP contribution in [0.5, 0.6) is 0 Å². The molecule has 1 saturated heterocycles. The third kappa shape index (κ3) is 4.29. The van der Waals surface area contributed by atoms with Crippen molar-refractivity contribution in [1.29, 1.82) is 0 Å². The summed E-state index contributed by atoms with van der Waals surface area (Å²) < 4.78 is 0. The molecule has 0 spiro atoms. The number of rotatable bonds is 3. The second-order valence-corrected chi connectivity index (χ2v) is 5.79. The van der Waals surface area contributed by atoms with Crippen LogP contribution in [-0.2, 0) is 13.0 Å². The second kappa shape index (κ2) is 7.01. The second-order valence-electron chi connectivity index (χ2n) is 5.79. The number of aryl methyl sites for hydroxylation is 1. The fraction of sp³-hybridized carbons (Fsp3) is 0.688. The quantitative estimate of drug-likeness (QED) is 0.906. The van der Waals surface area contributed by atoms with Crippen molar-refractivity contribution in [3.63, 3.8) is 0 Å². The highest BCUT2D eigenvalue weighted by Crippen LogP contribution is 2.13. The molecule has 0 aromatic carbocycles. The Labute approximate surface area is 117 Å². The predicted octanol–water partition coefficient (Wildman–Crippen LogP) is 2.61. The largest absolute Gasteiger partial charge is 0.312 e. The van der Waals surface area contributed by atoms with Crippen molar-refractivity contribution in [3.05, 3.63) is 29.6 Å². The standard InChI is InChI=1S/C16H27N3/c1-4-15-6-5-9-17-16(15)12-19-10-7-13(2)18-14(3)8-11-19/h5-6,9,13-14,18H,4,7-8,10-12H2,1-3H3. The lowest BCUT2D eigenvalue weighted by molar-refractivity contribution is 0.209. The molecule has 0 aliphatic carbocycles. The summed E-state index contributed by atoms with van der Waals surface area (Å²) in [5, 5.41) is 3.65. The normalized spacial score (nSPS) is 25.8. The topological polar surface area (TPSA) is 28.2 Å². The maximum Gasteiger partial charge on any atom is 0.0575 e. The van der Waals surface area contributed by atoms with E-state index in [2.05, 4.69) is 42.0 Å². The van der Waals surface area contributed by atoms with E-state index in [1.54, 1.807) is 0 Å². The van der Waals surface area contributed by atoms with Crippen molar-refractivity contribution in [2.24, 2.45) is 0 Å². The van der Waals surface area contributed by atoms with Gasteiger partial charge < -0.3 is 5.32 Å². The smallest absolute Gasteiger partial charge is 0.0575 e. The van der Waals surface area contributed by atoms with Crippen molar-refractivity contribution < 1.29 is 0 Å². The van der Waals surface area contributed by atoms with Crippen LogP contribution >= 0.6 is 0 Å². The highest BCUT2D eigenvalue weighted by Gasteiger charge is 2.17. The van der Waals surface area contributed by atoms with Crippen molar-refractivity contribution in [3.8, 4) is 0 Å².